The molecule has 0 aliphatic heterocycles. The van der Waals surface area contributed by atoms with Crippen LogP contribution in [0.3, 0.4) is 0 Å². The second-order valence-corrected chi connectivity index (χ2v) is 8.31. The van der Waals surface area contributed by atoms with E-state index in [1.54, 1.807) is 21.5 Å². The van der Waals surface area contributed by atoms with Crippen LogP contribution in [0.2, 0.25) is 0 Å². The normalized spacial score (nSPS) is 13.2. The highest BCUT2D eigenvalue weighted by Gasteiger charge is 2.29. The smallest absolute Gasteiger partial charge is 0.332 e. The summed E-state index contributed by atoms with van der Waals surface area (Å²) in [4.78, 5) is 33.6. The lowest BCUT2D eigenvalue weighted by atomic mass is 10.1. The third-order valence-electron chi connectivity index (χ3n) is 5.94. The molecule has 0 radical (unpaired) electrons. The van der Waals surface area contributed by atoms with E-state index >= 15 is 0 Å². The number of aryl methyl sites for hydroxylation is 1. The molecule has 5 rings (SSSR count). The minimum atomic E-state index is -0.156. The average molecular weight is 443 g/mol. The monoisotopic (exact) mass is 442 g/mol. The SMILES string of the molecule is CCc1cccc(Nc2ncnc3ccc(-n4ccn(CCNC(=O)C5CC5)c4=O)cc23)c1. The van der Waals surface area contributed by atoms with E-state index in [0.717, 1.165) is 41.5 Å². The van der Waals surface area contributed by atoms with Gasteiger partial charge >= 0.3 is 5.69 Å². The van der Waals surface area contributed by atoms with Crippen molar-refractivity contribution in [2.24, 2.45) is 5.92 Å². The third kappa shape index (κ3) is 4.50. The lowest BCUT2D eigenvalue weighted by Gasteiger charge is -2.11. The fourth-order valence-electron chi connectivity index (χ4n) is 3.87. The van der Waals surface area contributed by atoms with Crippen LogP contribution < -0.4 is 16.3 Å². The Labute approximate surface area is 191 Å². The van der Waals surface area contributed by atoms with Gasteiger partial charge in [0.05, 0.1) is 11.2 Å². The molecule has 1 aliphatic carbocycles. The largest absolute Gasteiger partial charge is 0.354 e. The fourth-order valence-corrected chi connectivity index (χ4v) is 3.87. The molecule has 0 atom stereocenters. The highest BCUT2D eigenvalue weighted by Crippen LogP contribution is 2.28. The van der Waals surface area contributed by atoms with Gasteiger partial charge in [-0.2, -0.15) is 0 Å². The molecular weight excluding hydrogens is 416 g/mol. The number of fused-ring (bicyclic) bond motifs is 1. The molecule has 2 aromatic carbocycles. The molecule has 1 fully saturated rings. The van der Waals surface area contributed by atoms with Crippen LogP contribution in [0.15, 0.2) is 66.0 Å². The standard InChI is InChI=1S/C25H26N6O2/c1-2-17-4-3-5-19(14-17)29-23-21-15-20(8-9-22(21)27-16-28-23)31-13-12-30(25(31)33)11-10-26-24(32)18-6-7-18/h3-5,8-9,12-16,18H,2,6-7,10-11H2,1H3,(H,26,32)(H,27,28,29). The number of amides is 1. The molecule has 1 amide bonds. The van der Waals surface area contributed by atoms with E-state index in [4.69, 9.17) is 0 Å². The molecule has 1 aliphatic rings. The molecule has 0 unspecified atom stereocenters. The zero-order valence-corrected chi connectivity index (χ0v) is 18.5. The van der Waals surface area contributed by atoms with E-state index in [0.29, 0.717) is 18.9 Å². The van der Waals surface area contributed by atoms with Gasteiger partial charge in [-0.3, -0.25) is 13.9 Å². The molecular formula is C25H26N6O2. The van der Waals surface area contributed by atoms with Crippen LogP contribution in [0.25, 0.3) is 16.6 Å². The van der Waals surface area contributed by atoms with Gasteiger partial charge in [0.1, 0.15) is 12.1 Å². The zero-order valence-electron chi connectivity index (χ0n) is 18.5. The summed E-state index contributed by atoms with van der Waals surface area (Å²) in [5.41, 5.74) is 3.56. The first-order chi connectivity index (χ1) is 16.1. The van der Waals surface area contributed by atoms with Gasteiger partial charge in [-0.15, -0.1) is 0 Å². The minimum Gasteiger partial charge on any atom is -0.354 e. The van der Waals surface area contributed by atoms with Crippen molar-refractivity contribution in [3.05, 3.63) is 77.2 Å². The topological polar surface area (TPSA) is 93.8 Å². The van der Waals surface area contributed by atoms with Crippen molar-refractivity contribution in [2.45, 2.75) is 32.7 Å². The van der Waals surface area contributed by atoms with E-state index < -0.39 is 0 Å². The number of aromatic nitrogens is 4. The van der Waals surface area contributed by atoms with E-state index in [2.05, 4.69) is 39.7 Å². The summed E-state index contributed by atoms with van der Waals surface area (Å²) in [6, 6.07) is 13.9. The predicted molar refractivity (Wildman–Crippen MR) is 128 cm³/mol. The molecule has 1 saturated carbocycles. The molecule has 0 spiro atoms. The molecule has 168 valence electrons. The van der Waals surface area contributed by atoms with Crippen LogP contribution in [0.5, 0.6) is 0 Å². The van der Waals surface area contributed by atoms with Gasteiger partial charge in [0, 0.05) is 42.5 Å². The van der Waals surface area contributed by atoms with E-state index in [-0.39, 0.29) is 17.5 Å². The fraction of sp³-hybridized carbons (Fsp3) is 0.280. The third-order valence-corrected chi connectivity index (χ3v) is 5.94. The maximum atomic E-state index is 12.9. The number of carbonyl (C=O) groups is 1. The van der Waals surface area contributed by atoms with Crippen molar-refractivity contribution in [3.63, 3.8) is 0 Å². The number of benzene rings is 2. The second kappa shape index (κ2) is 8.90. The van der Waals surface area contributed by atoms with Crippen LogP contribution in [0.4, 0.5) is 11.5 Å². The minimum absolute atomic E-state index is 0.0847. The summed E-state index contributed by atoms with van der Waals surface area (Å²) in [7, 11) is 0. The van der Waals surface area contributed by atoms with Crippen molar-refractivity contribution in [2.75, 3.05) is 11.9 Å². The number of hydrogen-bond acceptors (Lipinski definition) is 5. The average Bonchev–Trinajstić information content (AvgIpc) is 3.63. The number of nitrogens with zero attached hydrogens (tertiary/aromatic N) is 4. The summed E-state index contributed by atoms with van der Waals surface area (Å²) in [6.45, 7) is 2.99. The van der Waals surface area contributed by atoms with Crippen molar-refractivity contribution in [1.29, 1.82) is 0 Å². The van der Waals surface area contributed by atoms with Crippen LogP contribution in [0, 0.1) is 5.92 Å². The van der Waals surface area contributed by atoms with E-state index in [1.807, 2.05) is 30.3 Å². The maximum Gasteiger partial charge on any atom is 0.332 e. The van der Waals surface area contributed by atoms with Crippen molar-refractivity contribution >= 4 is 28.3 Å². The van der Waals surface area contributed by atoms with Gasteiger partial charge in [-0.1, -0.05) is 19.1 Å². The molecule has 8 heteroatoms. The van der Waals surface area contributed by atoms with Gasteiger partial charge in [-0.25, -0.2) is 14.8 Å². The Balaban J connectivity index is 1.40. The van der Waals surface area contributed by atoms with Crippen LogP contribution in [-0.2, 0) is 17.8 Å². The van der Waals surface area contributed by atoms with Crippen molar-refractivity contribution < 1.29 is 4.79 Å². The predicted octanol–water partition coefficient (Wildman–Crippen LogP) is 3.41. The summed E-state index contributed by atoms with van der Waals surface area (Å²) in [5, 5.41) is 7.12. The molecule has 8 nitrogen and oxygen atoms in total. The molecule has 0 saturated heterocycles. The molecule has 2 heterocycles. The number of hydrogen-bond donors (Lipinski definition) is 2. The summed E-state index contributed by atoms with van der Waals surface area (Å²) >= 11 is 0. The highest BCUT2D eigenvalue weighted by atomic mass is 16.2. The van der Waals surface area contributed by atoms with Gasteiger partial charge in [0.25, 0.3) is 0 Å². The summed E-state index contributed by atoms with van der Waals surface area (Å²) in [5.74, 6) is 0.935. The molecule has 2 aromatic heterocycles. The van der Waals surface area contributed by atoms with Crippen LogP contribution in [-0.4, -0.2) is 31.6 Å². The number of imidazole rings is 1. The first-order valence-corrected chi connectivity index (χ1v) is 11.3. The molecule has 4 aromatic rings. The Hall–Kier alpha value is -3.94. The lowest BCUT2D eigenvalue weighted by molar-refractivity contribution is -0.122. The quantitative estimate of drug-likeness (QED) is 0.436. The number of anilines is 2. The van der Waals surface area contributed by atoms with Crippen molar-refractivity contribution in [3.8, 4) is 5.69 Å². The summed E-state index contributed by atoms with van der Waals surface area (Å²) < 4.78 is 3.20. The molecule has 33 heavy (non-hydrogen) atoms. The number of nitrogens with one attached hydrogen (secondary N) is 2. The Morgan fingerprint density at radius 2 is 2.00 bits per heavy atom. The first kappa shape index (κ1) is 20.9. The van der Waals surface area contributed by atoms with Crippen molar-refractivity contribution in [1.82, 2.24) is 24.4 Å². The number of rotatable bonds is 8. The summed E-state index contributed by atoms with van der Waals surface area (Å²) in [6.07, 6.45) is 7.91. The molecule has 2 N–H and O–H groups in total. The Morgan fingerprint density at radius 3 is 2.82 bits per heavy atom. The van der Waals surface area contributed by atoms with E-state index in [9.17, 15) is 9.59 Å². The second-order valence-electron chi connectivity index (χ2n) is 8.31. The Morgan fingerprint density at radius 1 is 1.12 bits per heavy atom. The first-order valence-electron chi connectivity index (χ1n) is 11.3. The zero-order chi connectivity index (χ0) is 22.8. The Kier molecular flexibility index (Phi) is 5.64. The molecule has 0 bridgehead atoms. The Bertz CT molecular complexity index is 1370. The van der Waals surface area contributed by atoms with Crippen LogP contribution in [0.1, 0.15) is 25.3 Å². The number of carbonyl (C=O) groups excluding carboxylic acids is 1. The lowest BCUT2D eigenvalue weighted by Crippen LogP contribution is -2.31. The van der Waals surface area contributed by atoms with Crippen LogP contribution >= 0.6 is 0 Å². The maximum absolute atomic E-state index is 12.9. The highest BCUT2D eigenvalue weighted by molar-refractivity contribution is 5.92. The van der Waals surface area contributed by atoms with Gasteiger partial charge in [0.15, 0.2) is 0 Å². The van der Waals surface area contributed by atoms with E-state index in [1.165, 1.54) is 11.9 Å². The van der Waals surface area contributed by atoms with Gasteiger partial charge in [0.2, 0.25) is 5.91 Å². The van der Waals surface area contributed by atoms with Gasteiger partial charge < -0.3 is 10.6 Å². The van der Waals surface area contributed by atoms with Gasteiger partial charge in [-0.05, 0) is 55.2 Å².